The van der Waals surface area contributed by atoms with Gasteiger partial charge in [0.25, 0.3) is 0 Å². The average molecular weight is 507 g/mol. The molecule has 5 nitrogen and oxygen atoms in total. The Morgan fingerprint density at radius 2 is 1.66 bits per heavy atom. The first-order valence-corrected chi connectivity index (χ1v) is 10.4. The number of hydrogen-bond acceptors (Lipinski definition) is 3. The summed E-state index contributed by atoms with van der Waals surface area (Å²) in [6.07, 6.45) is 3.27. The molecule has 3 rings (SSSR count). The first-order chi connectivity index (χ1) is 13.7. The summed E-state index contributed by atoms with van der Waals surface area (Å²) in [6, 6.07) is 19.0. The Morgan fingerprint density at radius 1 is 0.966 bits per heavy atom. The summed E-state index contributed by atoms with van der Waals surface area (Å²) < 4.78 is 0. The molecule has 0 amide bonds. The zero-order valence-corrected chi connectivity index (χ0v) is 19.7. The summed E-state index contributed by atoms with van der Waals surface area (Å²) in [6.45, 7) is 8.55. The van der Waals surface area contributed by atoms with Crippen LogP contribution < -0.4 is 16.0 Å². The molecule has 1 aliphatic heterocycles. The number of aryl methyl sites for hydroxylation is 1. The second-order valence-electron chi connectivity index (χ2n) is 7.31. The molecule has 0 aliphatic carbocycles. The number of para-hydroxylation sites is 1. The Bertz CT molecular complexity index is 725. The zero-order valence-electron chi connectivity index (χ0n) is 17.4. The molecule has 1 aliphatic rings. The number of guanidine groups is 1. The minimum atomic E-state index is 0. The van der Waals surface area contributed by atoms with Crippen LogP contribution in [0.3, 0.4) is 0 Å². The number of rotatable bonds is 8. The van der Waals surface area contributed by atoms with Crippen molar-refractivity contribution in [1.82, 2.24) is 4.90 Å². The van der Waals surface area contributed by atoms with Crippen molar-refractivity contribution in [2.75, 3.05) is 49.5 Å². The number of nitrogens with two attached hydrogens (primary N) is 1. The van der Waals surface area contributed by atoms with E-state index in [0.29, 0.717) is 5.96 Å². The largest absolute Gasteiger partial charge is 0.370 e. The highest BCUT2D eigenvalue weighted by molar-refractivity contribution is 14.0. The predicted octanol–water partition coefficient (Wildman–Crippen LogP) is 4.20. The quantitative estimate of drug-likeness (QED) is 0.244. The average Bonchev–Trinajstić information content (AvgIpc) is 2.75. The molecule has 2 aromatic carbocycles. The lowest BCUT2D eigenvalue weighted by molar-refractivity contribution is 0.253. The molecular formula is C23H34IN5. The molecule has 0 saturated carbocycles. The van der Waals surface area contributed by atoms with Crippen molar-refractivity contribution in [2.24, 2.45) is 10.7 Å². The molecule has 6 heteroatoms. The van der Waals surface area contributed by atoms with Crippen LogP contribution in [-0.2, 0) is 6.42 Å². The number of nitrogens with zero attached hydrogens (tertiary/aromatic N) is 3. The Balaban J connectivity index is 0.00000300. The van der Waals surface area contributed by atoms with Crippen LogP contribution in [0.5, 0.6) is 0 Å². The fraction of sp³-hybridized carbons (Fsp3) is 0.435. The van der Waals surface area contributed by atoms with E-state index < -0.39 is 0 Å². The maximum absolute atomic E-state index is 5.99. The van der Waals surface area contributed by atoms with E-state index in [4.69, 9.17) is 5.73 Å². The van der Waals surface area contributed by atoms with Crippen LogP contribution in [0.2, 0.25) is 0 Å². The molecule has 0 radical (unpaired) electrons. The Hall–Kier alpha value is -1.80. The molecule has 0 atom stereocenters. The number of benzene rings is 2. The van der Waals surface area contributed by atoms with E-state index in [-0.39, 0.29) is 24.0 Å². The van der Waals surface area contributed by atoms with Gasteiger partial charge < -0.3 is 16.0 Å². The van der Waals surface area contributed by atoms with Gasteiger partial charge in [0, 0.05) is 44.1 Å². The van der Waals surface area contributed by atoms with Crippen LogP contribution in [0.25, 0.3) is 0 Å². The minimum absolute atomic E-state index is 0. The van der Waals surface area contributed by atoms with Gasteiger partial charge in [0.05, 0.1) is 0 Å². The summed E-state index contributed by atoms with van der Waals surface area (Å²) in [5.41, 5.74) is 9.65. The van der Waals surface area contributed by atoms with Crippen molar-refractivity contribution >= 4 is 41.3 Å². The van der Waals surface area contributed by atoms with Crippen LogP contribution in [0.1, 0.15) is 25.3 Å². The number of unbranched alkanes of at least 4 members (excludes halogenated alkanes) is 1. The van der Waals surface area contributed by atoms with Gasteiger partial charge in [-0.3, -0.25) is 9.89 Å². The molecule has 0 bridgehead atoms. The minimum Gasteiger partial charge on any atom is -0.370 e. The molecular weight excluding hydrogens is 473 g/mol. The predicted molar refractivity (Wildman–Crippen MR) is 136 cm³/mol. The second-order valence-corrected chi connectivity index (χ2v) is 7.31. The van der Waals surface area contributed by atoms with Crippen LogP contribution in [0.15, 0.2) is 59.6 Å². The maximum atomic E-state index is 5.99. The summed E-state index contributed by atoms with van der Waals surface area (Å²) in [5.74, 6) is 0.501. The second kappa shape index (κ2) is 12.7. The van der Waals surface area contributed by atoms with Gasteiger partial charge in [-0.05, 0) is 55.6 Å². The number of hydrogen-bond donors (Lipinski definition) is 2. The first-order valence-electron chi connectivity index (χ1n) is 10.4. The van der Waals surface area contributed by atoms with Crippen molar-refractivity contribution < 1.29 is 0 Å². The van der Waals surface area contributed by atoms with E-state index in [2.05, 4.69) is 81.6 Å². The number of nitrogens with one attached hydrogen (secondary N) is 1. The lowest BCUT2D eigenvalue weighted by Gasteiger charge is -2.36. The normalized spacial score (nSPS) is 15.1. The third kappa shape index (κ3) is 7.85. The molecule has 0 unspecified atom stereocenters. The third-order valence-corrected chi connectivity index (χ3v) is 5.29. The van der Waals surface area contributed by atoms with Gasteiger partial charge in [-0.15, -0.1) is 24.0 Å². The van der Waals surface area contributed by atoms with E-state index in [1.54, 1.807) is 0 Å². The van der Waals surface area contributed by atoms with Crippen molar-refractivity contribution in [3.05, 3.63) is 60.2 Å². The number of anilines is 2. The van der Waals surface area contributed by atoms with Crippen molar-refractivity contribution in [1.29, 1.82) is 0 Å². The highest BCUT2D eigenvalue weighted by atomic mass is 127. The van der Waals surface area contributed by atoms with E-state index in [1.807, 2.05) is 0 Å². The van der Waals surface area contributed by atoms with Gasteiger partial charge in [0.2, 0.25) is 0 Å². The standard InChI is InChI=1S/C23H33N5.HI/c1-2-20-10-12-21(13-11-20)26-23(24)25-14-6-7-15-27-16-18-28(19-17-27)22-8-4-3-5-9-22;/h3-5,8-13H,2,6-7,14-19H2,1H3,(H3,24,25,26);1H. The number of aliphatic imine (C=N–C) groups is 1. The summed E-state index contributed by atoms with van der Waals surface area (Å²) in [5, 5.41) is 3.17. The first kappa shape index (κ1) is 23.5. The molecule has 1 fully saturated rings. The summed E-state index contributed by atoms with van der Waals surface area (Å²) in [4.78, 5) is 9.48. The third-order valence-electron chi connectivity index (χ3n) is 5.29. The summed E-state index contributed by atoms with van der Waals surface area (Å²) >= 11 is 0. The van der Waals surface area contributed by atoms with Gasteiger partial charge in [-0.2, -0.15) is 0 Å². The lowest BCUT2D eigenvalue weighted by atomic mass is 10.1. The Kier molecular flexibility index (Phi) is 10.3. The van der Waals surface area contributed by atoms with E-state index in [1.165, 1.54) is 11.3 Å². The SMILES string of the molecule is CCc1ccc(NC(N)=NCCCCN2CCN(c3ccccc3)CC2)cc1.I. The van der Waals surface area contributed by atoms with E-state index in [0.717, 1.165) is 64.2 Å². The van der Waals surface area contributed by atoms with Gasteiger partial charge >= 0.3 is 0 Å². The molecule has 0 spiro atoms. The Morgan fingerprint density at radius 3 is 2.31 bits per heavy atom. The number of halogens is 1. The molecule has 3 N–H and O–H groups in total. The van der Waals surface area contributed by atoms with Crippen LogP contribution in [-0.4, -0.2) is 50.1 Å². The topological polar surface area (TPSA) is 56.9 Å². The maximum Gasteiger partial charge on any atom is 0.193 e. The fourth-order valence-electron chi connectivity index (χ4n) is 3.53. The lowest BCUT2D eigenvalue weighted by Crippen LogP contribution is -2.46. The van der Waals surface area contributed by atoms with Gasteiger partial charge in [0.15, 0.2) is 5.96 Å². The molecule has 29 heavy (non-hydrogen) atoms. The van der Waals surface area contributed by atoms with Crippen LogP contribution in [0.4, 0.5) is 11.4 Å². The van der Waals surface area contributed by atoms with Crippen molar-refractivity contribution in [3.63, 3.8) is 0 Å². The number of piperazine rings is 1. The van der Waals surface area contributed by atoms with Crippen LogP contribution in [0, 0.1) is 0 Å². The summed E-state index contributed by atoms with van der Waals surface area (Å²) in [7, 11) is 0. The van der Waals surface area contributed by atoms with Gasteiger partial charge in [0.1, 0.15) is 0 Å². The fourth-order valence-corrected chi connectivity index (χ4v) is 3.53. The van der Waals surface area contributed by atoms with E-state index >= 15 is 0 Å². The van der Waals surface area contributed by atoms with Gasteiger partial charge in [-0.1, -0.05) is 37.3 Å². The van der Waals surface area contributed by atoms with Crippen molar-refractivity contribution in [2.45, 2.75) is 26.2 Å². The monoisotopic (exact) mass is 507 g/mol. The molecule has 158 valence electrons. The smallest absolute Gasteiger partial charge is 0.193 e. The molecule has 2 aromatic rings. The highest BCUT2D eigenvalue weighted by Crippen LogP contribution is 2.15. The molecule has 1 heterocycles. The zero-order chi connectivity index (χ0) is 19.6. The van der Waals surface area contributed by atoms with Crippen molar-refractivity contribution in [3.8, 4) is 0 Å². The molecule has 0 aromatic heterocycles. The molecule has 1 saturated heterocycles. The van der Waals surface area contributed by atoms with Gasteiger partial charge in [-0.25, -0.2) is 0 Å². The highest BCUT2D eigenvalue weighted by Gasteiger charge is 2.16. The van der Waals surface area contributed by atoms with Crippen LogP contribution >= 0.6 is 24.0 Å². The van der Waals surface area contributed by atoms with E-state index in [9.17, 15) is 0 Å². The Labute approximate surface area is 192 Å².